The number of aromatic hydroxyl groups is 1. The molecule has 0 aromatic heterocycles. The third-order valence-corrected chi connectivity index (χ3v) is 5.51. The first-order valence-electron chi connectivity index (χ1n) is 11.3. The first-order chi connectivity index (χ1) is 16.8. The second-order valence-electron chi connectivity index (χ2n) is 8.74. The van der Waals surface area contributed by atoms with Crippen LogP contribution in [-0.4, -0.2) is 74.9 Å². The molecule has 0 spiro atoms. The monoisotopic (exact) mass is 526 g/mol. The van der Waals surface area contributed by atoms with E-state index >= 15 is 0 Å². The van der Waals surface area contributed by atoms with Crippen LogP contribution in [-0.2, 0) is 30.4 Å². The molecule has 1 aromatic rings. The van der Waals surface area contributed by atoms with Crippen molar-refractivity contribution in [2.75, 3.05) is 5.75 Å². The highest BCUT2D eigenvalue weighted by Crippen LogP contribution is 2.12. The van der Waals surface area contributed by atoms with Crippen molar-refractivity contribution in [3.8, 4) is 5.75 Å². The van der Waals surface area contributed by atoms with Gasteiger partial charge in [-0.05, 0) is 36.5 Å². The number of carbonyl (C=O) groups is 5. The fraction of sp³-hybridized carbons (Fsp3) is 0.522. The third kappa shape index (κ3) is 11.0. The molecule has 1 rings (SSSR count). The zero-order valence-electron chi connectivity index (χ0n) is 20.1. The van der Waals surface area contributed by atoms with Crippen molar-refractivity contribution in [1.82, 2.24) is 16.0 Å². The fourth-order valence-electron chi connectivity index (χ4n) is 3.23. The van der Waals surface area contributed by atoms with Gasteiger partial charge in [-0.3, -0.25) is 19.2 Å². The van der Waals surface area contributed by atoms with Gasteiger partial charge < -0.3 is 37.0 Å². The summed E-state index contributed by atoms with van der Waals surface area (Å²) in [5.41, 5.74) is 6.41. The second kappa shape index (κ2) is 14.9. The van der Waals surface area contributed by atoms with Crippen LogP contribution < -0.4 is 21.7 Å². The van der Waals surface area contributed by atoms with Gasteiger partial charge in [0.15, 0.2) is 0 Å². The van der Waals surface area contributed by atoms with E-state index in [1.807, 2.05) is 13.8 Å². The lowest BCUT2D eigenvalue weighted by Gasteiger charge is -2.25. The zero-order valence-corrected chi connectivity index (χ0v) is 21.0. The Hall–Kier alpha value is -3.32. The van der Waals surface area contributed by atoms with E-state index < -0.39 is 60.2 Å². The van der Waals surface area contributed by atoms with E-state index in [-0.39, 0.29) is 30.3 Å². The summed E-state index contributed by atoms with van der Waals surface area (Å²) < 4.78 is 0. The van der Waals surface area contributed by atoms with Crippen LogP contribution >= 0.6 is 12.6 Å². The van der Waals surface area contributed by atoms with E-state index in [0.29, 0.717) is 12.0 Å². The molecule has 0 bridgehead atoms. The number of phenolic OH excluding ortho intramolecular Hbond substituents is 1. The van der Waals surface area contributed by atoms with Crippen molar-refractivity contribution in [2.24, 2.45) is 11.7 Å². The number of thiol groups is 1. The van der Waals surface area contributed by atoms with Gasteiger partial charge in [0.2, 0.25) is 17.7 Å². The highest BCUT2D eigenvalue weighted by Gasteiger charge is 2.30. The molecule has 0 aliphatic heterocycles. The summed E-state index contributed by atoms with van der Waals surface area (Å²) in [7, 11) is 0. The van der Waals surface area contributed by atoms with Gasteiger partial charge in [0.05, 0.1) is 6.04 Å². The molecule has 200 valence electrons. The Balaban J connectivity index is 3.05. The smallest absolute Gasteiger partial charge is 0.326 e. The van der Waals surface area contributed by atoms with Crippen LogP contribution in [0.5, 0.6) is 5.75 Å². The summed E-state index contributed by atoms with van der Waals surface area (Å²) in [6, 6.07) is 1.04. The summed E-state index contributed by atoms with van der Waals surface area (Å²) in [5, 5.41) is 35.0. The van der Waals surface area contributed by atoms with Crippen LogP contribution in [0.25, 0.3) is 0 Å². The molecule has 0 fully saturated rings. The van der Waals surface area contributed by atoms with Gasteiger partial charge in [0.1, 0.15) is 23.9 Å². The van der Waals surface area contributed by atoms with Gasteiger partial charge in [-0.2, -0.15) is 12.6 Å². The first kappa shape index (κ1) is 30.7. The van der Waals surface area contributed by atoms with Crippen LogP contribution in [0, 0.1) is 5.92 Å². The molecule has 0 aliphatic carbocycles. The summed E-state index contributed by atoms with van der Waals surface area (Å²) >= 11 is 4.10. The Morgan fingerprint density at radius 2 is 1.42 bits per heavy atom. The molecule has 0 aliphatic rings. The van der Waals surface area contributed by atoms with E-state index in [4.69, 9.17) is 10.8 Å². The number of carboxylic acids is 2. The highest BCUT2D eigenvalue weighted by molar-refractivity contribution is 7.80. The van der Waals surface area contributed by atoms with Gasteiger partial charge in [-0.1, -0.05) is 26.0 Å². The number of nitrogens with two attached hydrogens (primary N) is 1. The summed E-state index contributed by atoms with van der Waals surface area (Å²) in [5.74, 6) is -4.80. The molecule has 3 amide bonds. The molecular weight excluding hydrogens is 492 g/mol. The van der Waals surface area contributed by atoms with Crippen LogP contribution in [0.15, 0.2) is 24.3 Å². The van der Waals surface area contributed by atoms with Gasteiger partial charge in [-0.25, -0.2) is 4.79 Å². The number of carbonyl (C=O) groups excluding carboxylic acids is 3. The number of benzene rings is 1. The van der Waals surface area contributed by atoms with E-state index in [1.54, 1.807) is 0 Å². The number of phenols is 1. The second-order valence-corrected chi connectivity index (χ2v) is 9.11. The summed E-state index contributed by atoms with van der Waals surface area (Å²) in [6.07, 6.45) is -0.537. The molecule has 8 N–H and O–H groups in total. The lowest BCUT2D eigenvalue weighted by molar-refractivity contribution is -0.143. The maximum atomic E-state index is 13.0. The number of hydrogen-bond acceptors (Lipinski definition) is 8. The number of aliphatic carboxylic acids is 2. The quantitative estimate of drug-likeness (QED) is 0.140. The number of amides is 3. The van der Waals surface area contributed by atoms with Crippen molar-refractivity contribution in [2.45, 2.75) is 63.7 Å². The molecule has 1 aromatic carbocycles. The minimum Gasteiger partial charge on any atom is -0.508 e. The van der Waals surface area contributed by atoms with E-state index in [2.05, 4.69) is 28.6 Å². The van der Waals surface area contributed by atoms with E-state index in [1.165, 1.54) is 24.3 Å². The minimum absolute atomic E-state index is 0.0148. The van der Waals surface area contributed by atoms with Crippen LogP contribution in [0.1, 0.15) is 38.7 Å². The van der Waals surface area contributed by atoms with Crippen molar-refractivity contribution in [3.05, 3.63) is 29.8 Å². The fourth-order valence-corrected chi connectivity index (χ4v) is 3.49. The SMILES string of the molecule is CC(C)CC(N)C(=O)NC(CS)C(=O)NC(Cc1ccc(O)cc1)C(=O)NC(CCC(=O)O)C(=O)O. The van der Waals surface area contributed by atoms with Crippen LogP contribution in [0.4, 0.5) is 0 Å². The Kier molecular flexibility index (Phi) is 12.7. The molecule has 0 radical (unpaired) electrons. The maximum absolute atomic E-state index is 13.0. The molecule has 4 unspecified atom stereocenters. The highest BCUT2D eigenvalue weighted by atomic mass is 32.1. The predicted molar refractivity (Wildman–Crippen MR) is 133 cm³/mol. The van der Waals surface area contributed by atoms with Gasteiger partial charge in [0, 0.05) is 18.6 Å². The molecule has 0 saturated carbocycles. The molecule has 13 heteroatoms. The maximum Gasteiger partial charge on any atom is 0.326 e. The number of rotatable bonds is 15. The third-order valence-electron chi connectivity index (χ3n) is 5.15. The molecule has 12 nitrogen and oxygen atoms in total. The van der Waals surface area contributed by atoms with Crippen LogP contribution in [0.3, 0.4) is 0 Å². The van der Waals surface area contributed by atoms with E-state index in [0.717, 1.165) is 0 Å². The zero-order chi connectivity index (χ0) is 27.4. The molecule has 4 atom stereocenters. The molecular formula is C23H34N4O8S. The topological polar surface area (TPSA) is 208 Å². The average Bonchev–Trinajstić information content (AvgIpc) is 2.79. The van der Waals surface area contributed by atoms with Crippen molar-refractivity contribution in [1.29, 1.82) is 0 Å². The number of hydrogen-bond donors (Lipinski definition) is 8. The van der Waals surface area contributed by atoms with Crippen molar-refractivity contribution < 1.29 is 39.3 Å². The molecule has 36 heavy (non-hydrogen) atoms. The first-order valence-corrected chi connectivity index (χ1v) is 12.0. The molecule has 0 heterocycles. The van der Waals surface area contributed by atoms with Crippen molar-refractivity contribution in [3.63, 3.8) is 0 Å². The van der Waals surface area contributed by atoms with E-state index in [9.17, 15) is 34.2 Å². The summed E-state index contributed by atoms with van der Waals surface area (Å²) in [6.45, 7) is 3.78. The lowest BCUT2D eigenvalue weighted by Crippen LogP contribution is -2.58. The largest absolute Gasteiger partial charge is 0.508 e. The van der Waals surface area contributed by atoms with Gasteiger partial charge >= 0.3 is 11.9 Å². The Morgan fingerprint density at radius 1 is 0.889 bits per heavy atom. The van der Waals surface area contributed by atoms with Crippen LogP contribution in [0.2, 0.25) is 0 Å². The molecule has 0 saturated heterocycles. The number of carboxylic acid groups (broad SMARTS) is 2. The Labute approximate surface area is 214 Å². The van der Waals surface area contributed by atoms with Gasteiger partial charge in [-0.15, -0.1) is 0 Å². The minimum atomic E-state index is -1.50. The normalized spacial score (nSPS) is 14.2. The predicted octanol–water partition coefficient (Wildman–Crippen LogP) is -0.358. The van der Waals surface area contributed by atoms with Crippen molar-refractivity contribution >= 4 is 42.3 Å². The lowest BCUT2D eigenvalue weighted by atomic mass is 10.0. The Morgan fingerprint density at radius 3 is 1.92 bits per heavy atom. The average molecular weight is 527 g/mol. The Bertz CT molecular complexity index is 925. The van der Waals surface area contributed by atoms with Gasteiger partial charge in [0.25, 0.3) is 0 Å². The standard InChI is InChI=1S/C23H34N4O8S/c1-12(2)9-15(24)20(31)27-18(11-36)22(33)26-17(10-13-3-5-14(28)6-4-13)21(32)25-16(23(34)35)7-8-19(29)30/h3-6,12,15-18,28,36H,7-11,24H2,1-2H3,(H,25,32)(H,26,33)(H,27,31)(H,29,30)(H,34,35). The number of nitrogens with one attached hydrogen (secondary N) is 3. The summed E-state index contributed by atoms with van der Waals surface area (Å²) in [4.78, 5) is 60.6.